The Morgan fingerprint density at radius 1 is 0.458 bits per heavy atom. The lowest BCUT2D eigenvalue weighted by Gasteiger charge is -2.14. The number of aryl methyl sites for hydroxylation is 4. The average Bonchev–Trinajstić information content (AvgIpc) is 4.05. The molecule has 0 bridgehead atoms. The molecule has 0 spiro atoms. The monoisotopic (exact) mass is 980 g/mol. The van der Waals surface area contributed by atoms with Crippen LogP contribution in [0.25, 0.3) is 34.2 Å². The van der Waals surface area contributed by atoms with E-state index in [1.165, 1.54) is 21.3 Å². The summed E-state index contributed by atoms with van der Waals surface area (Å²) < 4.78 is 29.4. The lowest BCUT2D eigenvalue weighted by atomic mass is 10.00. The first-order chi connectivity index (χ1) is 34.8. The van der Waals surface area contributed by atoms with Crippen molar-refractivity contribution in [3.05, 3.63) is 149 Å². The van der Waals surface area contributed by atoms with Gasteiger partial charge in [0.25, 0.3) is 11.8 Å². The molecule has 0 unspecified atom stereocenters. The van der Waals surface area contributed by atoms with E-state index >= 15 is 0 Å². The molecule has 2 heterocycles. The third-order valence-corrected chi connectivity index (χ3v) is 11.3. The predicted octanol–water partition coefficient (Wildman–Crippen LogP) is 7.53. The van der Waals surface area contributed by atoms with Crippen molar-refractivity contribution in [2.45, 2.75) is 39.5 Å². The molecule has 8 rings (SSSR count). The Morgan fingerprint density at radius 3 is 1.32 bits per heavy atom. The molecule has 0 saturated carbocycles. The molecule has 374 valence electrons. The van der Waals surface area contributed by atoms with Gasteiger partial charge in [-0.1, -0.05) is 38.1 Å². The van der Waals surface area contributed by atoms with E-state index in [2.05, 4.69) is 20.4 Å². The van der Waals surface area contributed by atoms with E-state index in [1.54, 1.807) is 96.2 Å². The average molecular weight is 981 g/mol. The summed E-state index contributed by atoms with van der Waals surface area (Å²) in [5.74, 6) is 1.33. The molecule has 8 N–H and O–H groups in total. The molecule has 0 aliphatic rings. The van der Waals surface area contributed by atoms with Crippen LogP contribution in [0.1, 0.15) is 57.3 Å². The van der Waals surface area contributed by atoms with Crippen LogP contribution >= 0.6 is 0 Å². The Labute approximate surface area is 415 Å². The van der Waals surface area contributed by atoms with Crippen LogP contribution in [0.2, 0.25) is 0 Å². The number of aromatic nitrogens is 6. The van der Waals surface area contributed by atoms with Crippen LogP contribution in [-0.4, -0.2) is 97.3 Å². The Bertz CT molecular complexity index is 3150. The van der Waals surface area contributed by atoms with Crippen LogP contribution in [0.4, 0.5) is 0 Å². The standard InChI is InChI=1S/C26H26N4O6.C25H24N4O5.C2H6/c1-34-18-9-7-17(8-10-18)30-25(28-29-26(30)24(27)33)19-13-16(20(31)14-21(19)32)6-4-15-5-11-22(35-2)23(12-15)36-3;1-33-18-11-9-17(10-12-18)29-24(27-28-25(29)23(26)32)19-13-16(20(30)14-21(19)31)8-7-15-5-3-4-6-22(15)34-2;1-2/h5,7-14,31-32H,4,6H2,1-3H3,(H2,27,33);3-6,9-14,30-31H,7-8H2,1-2H3,(H2,26,32);1-2H3. The molecule has 72 heavy (non-hydrogen) atoms. The van der Waals surface area contributed by atoms with E-state index in [1.807, 2.05) is 56.3 Å². The van der Waals surface area contributed by atoms with Gasteiger partial charge in [-0.2, -0.15) is 0 Å². The summed E-state index contributed by atoms with van der Waals surface area (Å²) in [4.78, 5) is 24.1. The SMILES string of the molecule is CC.COc1ccc(-n2c(C(N)=O)nnc2-c2cc(CCc3ccc(OC)c(OC)c3)c(O)cc2O)cc1.COc1ccc(-n2c(C(N)=O)nnc2-c2cc(CCc3ccccc3OC)c(O)cc2O)cc1. The van der Waals surface area contributed by atoms with Gasteiger partial charge in [0.15, 0.2) is 23.1 Å². The van der Waals surface area contributed by atoms with Crippen LogP contribution in [0.5, 0.6) is 51.7 Å². The zero-order chi connectivity index (χ0) is 52.1. The summed E-state index contributed by atoms with van der Waals surface area (Å²) in [5.41, 5.74) is 15.9. The maximum Gasteiger partial charge on any atom is 0.287 e. The largest absolute Gasteiger partial charge is 0.508 e. The molecule has 19 heteroatoms. The number of nitrogens with zero attached hydrogens (tertiary/aromatic N) is 6. The van der Waals surface area contributed by atoms with Crippen LogP contribution in [-0.2, 0) is 25.7 Å². The van der Waals surface area contributed by atoms with Crippen molar-refractivity contribution in [1.29, 1.82) is 0 Å². The number of benzene rings is 6. The van der Waals surface area contributed by atoms with Gasteiger partial charge in [0.1, 0.15) is 40.2 Å². The van der Waals surface area contributed by atoms with Crippen LogP contribution in [0.15, 0.2) is 115 Å². The minimum atomic E-state index is -0.781. The number of methoxy groups -OCH3 is 5. The van der Waals surface area contributed by atoms with Crippen LogP contribution in [0, 0.1) is 0 Å². The number of nitrogens with two attached hydrogens (primary N) is 2. The summed E-state index contributed by atoms with van der Waals surface area (Å²) in [6.45, 7) is 4.00. The highest BCUT2D eigenvalue weighted by atomic mass is 16.5. The summed E-state index contributed by atoms with van der Waals surface area (Å²) in [6.07, 6.45) is 2.10. The molecule has 0 fully saturated rings. The Morgan fingerprint density at radius 2 is 0.889 bits per heavy atom. The third kappa shape index (κ3) is 11.6. The maximum absolute atomic E-state index is 12.1. The number of primary amides is 2. The molecule has 19 nitrogen and oxygen atoms in total. The van der Waals surface area contributed by atoms with Crippen molar-refractivity contribution in [1.82, 2.24) is 29.5 Å². The minimum Gasteiger partial charge on any atom is -0.508 e. The second-order valence-corrected chi connectivity index (χ2v) is 15.5. The smallest absolute Gasteiger partial charge is 0.287 e. The molecule has 0 aliphatic carbocycles. The number of carbonyl (C=O) groups is 2. The molecule has 0 aliphatic heterocycles. The molecular formula is C53H56N8O11. The number of aromatic hydroxyl groups is 4. The highest BCUT2D eigenvalue weighted by Gasteiger charge is 2.25. The van der Waals surface area contributed by atoms with E-state index in [-0.39, 0.29) is 51.9 Å². The number of rotatable bonds is 17. The van der Waals surface area contributed by atoms with Gasteiger partial charge in [-0.25, -0.2) is 0 Å². The number of para-hydroxylation sites is 1. The first-order valence-electron chi connectivity index (χ1n) is 22.5. The molecule has 2 aromatic heterocycles. The van der Waals surface area contributed by atoms with Crippen molar-refractivity contribution in [3.63, 3.8) is 0 Å². The van der Waals surface area contributed by atoms with Gasteiger partial charge in [0.2, 0.25) is 11.6 Å². The number of hydrogen-bond acceptors (Lipinski definition) is 15. The molecule has 2 amide bonds. The van der Waals surface area contributed by atoms with Gasteiger partial charge in [-0.3, -0.25) is 18.7 Å². The zero-order valence-corrected chi connectivity index (χ0v) is 40.8. The van der Waals surface area contributed by atoms with Crippen LogP contribution < -0.4 is 35.2 Å². The van der Waals surface area contributed by atoms with Crippen molar-refractivity contribution >= 4 is 11.8 Å². The molecule has 8 aromatic rings. The zero-order valence-electron chi connectivity index (χ0n) is 40.8. The van der Waals surface area contributed by atoms with E-state index < -0.39 is 11.8 Å². The van der Waals surface area contributed by atoms with Crippen molar-refractivity contribution in [2.75, 3.05) is 35.5 Å². The minimum absolute atomic E-state index is 0.0539. The normalized spacial score (nSPS) is 10.5. The van der Waals surface area contributed by atoms with E-state index in [4.69, 9.17) is 35.2 Å². The topological polar surface area (TPSA) is 275 Å². The van der Waals surface area contributed by atoms with Gasteiger partial charge < -0.3 is 55.6 Å². The fourth-order valence-electron chi connectivity index (χ4n) is 7.69. The second kappa shape index (κ2) is 23.8. The number of amides is 2. The van der Waals surface area contributed by atoms with Gasteiger partial charge in [-0.15, -0.1) is 20.4 Å². The Balaban J connectivity index is 0.000000228. The molecule has 0 atom stereocenters. The predicted molar refractivity (Wildman–Crippen MR) is 269 cm³/mol. The van der Waals surface area contributed by atoms with Crippen molar-refractivity contribution in [3.8, 4) is 85.9 Å². The Kier molecular flexibility index (Phi) is 17.3. The molecule has 0 saturated heterocycles. The molecular weight excluding hydrogens is 925 g/mol. The highest BCUT2D eigenvalue weighted by molar-refractivity contribution is 5.91. The van der Waals surface area contributed by atoms with E-state index in [9.17, 15) is 30.0 Å². The second-order valence-electron chi connectivity index (χ2n) is 15.5. The molecule has 6 aromatic carbocycles. The summed E-state index contributed by atoms with van der Waals surface area (Å²) in [5, 5.41) is 58.5. The quantitative estimate of drug-likeness (QED) is 0.0515. The number of hydrogen-bond donors (Lipinski definition) is 6. The third-order valence-electron chi connectivity index (χ3n) is 11.3. The summed E-state index contributed by atoms with van der Waals surface area (Å²) >= 11 is 0. The van der Waals surface area contributed by atoms with E-state index in [0.29, 0.717) is 76.7 Å². The fourth-order valence-corrected chi connectivity index (χ4v) is 7.69. The van der Waals surface area contributed by atoms with Gasteiger partial charge in [-0.05, 0) is 127 Å². The van der Waals surface area contributed by atoms with Gasteiger partial charge in [0.05, 0.1) is 46.7 Å². The van der Waals surface area contributed by atoms with Crippen LogP contribution in [0.3, 0.4) is 0 Å². The lowest BCUT2D eigenvalue weighted by molar-refractivity contribution is 0.0980. The van der Waals surface area contributed by atoms with Crippen molar-refractivity contribution in [2.24, 2.45) is 11.5 Å². The summed E-state index contributed by atoms with van der Waals surface area (Å²) in [7, 11) is 7.85. The lowest BCUT2D eigenvalue weighted by Crippen LogP contribution is -2.17. The molecule has 0 radical (unpaired) electrons. The highest BCUT2D eigenvalue weighted by Crippen LogP contribution is 2.39. The van der Waals surface area contributed by atoms with Crippen molar-refractivity contribution < 1.29 is 53.7 Å². The maximum atomic E-state index is 12.1. The first-order valence-corrected chi connectivity index (χ1v) is 22.5. The summed E-state index contributed by atoms with van der Waals surface area (Å²) in [6, 6.07) is 32.8. The van der Waals surface area contributed by atoms with Gasteiger partial charge in [0, 0.05) is 23.5 Å². The first kappa shape index (κ1) is 52.1. The fraction of sp³-hybridized carbons (Fsp3) is 0.208. The number of phenolic OH excluding ortho intramolecular Hbond substituents is 4. The number of ether oxygens (including phenoxy) is 5. The number of carbonyl (C=O) groups excluding carboxylic acids is 2. The number of phenols is 4. The van der Waals surface area contributed by atoms with Gasteiger partial charge >= 0.3 is 0 Å². The Hall–Kier alpha value is -9.26. The van der Waals surface area contributed by atoms with E-state index in [0.717, 1.165) is 16.9 Å².